The largest absolute Gasteiger partial charge is 0.496 e. The summed E-state index contributed by atoms with van der Waals surface area (Å²) in [6.45, 7) is 5.21. The van der Waals surface area contributed by atoms with Crippen molar-refractivity contribution in [3.63, 3.8) is 0 Å². The van der Waals surface area contributed by atoms with E-state index in [-0.39, 0.29) is 17.7 Å². The Bertz CT molecular complexity index is 997. The number of benzene rings is 2. The molecule has 0 spiro atoms. The van der Waals surface area contributed by atoms with Gasteiger partial charge in [-0.2, -0.15) is 0 Å². The highest BCUT2D eigenvalue weighted by atomic mass is 32.2. The molecule has 6 nitrogen and oxygen atoms in total. The molecule has 0 saturated carbocycles. The van der Waals surface area contributed by atoms with Crippen LogP contribution in [0, 0.1) is 6.92 Å². The first-order valence-electron chi connectivity index (χ1n) is 10.9. The molecule has 31 heavy (non-hydrogen) atoms. The van der Waals surface area contributed by atoms with Crippen molar-refractivity contribution >= 4 is 15.9 Å². The monoisotopic (exact) mass is 444 g/mol. The molecule has 7 heteroatoms. The van der Waals surface area contributed by atoms with Gasteiger partial charge in [0.15, 0.2) is 0 Å². The van der Waals surface area contributed by atoms with Crippen molar-refractivity contribution in [2.24, 2.45) is 0 Å². The minimum absolute atomic E-state index is 0.0301. The fourth-order valence-electron chi connectivity index (χ4n) is 3.98. The lowest BCUT2D eigenvalue weighted by atomic mass is 10.0. The summed E-state index contributed by atoms with van der Waals surface area (Å²) in [5.74, 6) is 0.614. The van der Waals surface area contributed by atoms with E-state index in [0.717, 1.165) is 42.6 Å². The number of ether oxygens (including phenoxy) is 1. The minimum atomic E-state index is -3.32. The molecule has 1 fully saturated rings. The molecule has 1 aliphatic rings. The lowest BCUT2D eigenvalue weighted by Gasteiger charge is -2.25. The van der Waals surface area contributed by atoms with Crippen LogP contribution in [0.2, 0.25) is 0 Å². The number of hydrogen-bond donors (Lipinski definition) is 1. The molecule has 168 valence electrons. The Kier molecular flexibility index (Phi) is 7.73. The Morgan fingerprint density at radius 3 is 2.35 bits per heavy atom. The smallest absolute Gasteiger partial charge is 0.251 e. The second-order valence-electron chi connectivity index (χ2n) is 8.08. The van der Waals surface area contributed by atoms with Gasteiger partial charge in [-0.25, -0.2) is 12.7 Å². The maximum absolute atomic E-state index is 12.8. The van der Waals surface area contributed by atoms with Gasteiger partial charge in [-0.15, -0.1) is 0 Å². The van der Waals surface area contributed by atoms with Crippen LogP contribution in [0.25, 0.3) is 0 Å². The van der Waals surface area contributed by atoms with Gasteiger partial charge in [0, 0.05) is 18.7 Å². The number of rotatable bonds is 8. The molecular weight excluding hydrogens is 412 g/mol. The molecule has 2 aromatic carbocycles. The Morgan fingerprint density at radius 2 is 1.77 bits per heavy atom. The van der Waals surface area contributed by atoms with Crippen molar-refractivity contribution in [1.29, 1.82) is 0 Å². The fourth-order valence-corrected chi connectivity index (χ4v) is 5.59. The van der Waals surface area contributed by atoms with E-state index < -0.39 is 10.0 Å². The van der Waals surface area contributed by atoms with E-state index in [4.69, 9.17) is 4.74 Å². The normalized spacial score (nSPS) is 16.0. The van der Waals surface area contributed by atoms with Crippen LogP contribution < -0.4 is 10.1 Å². The summed E-state index contributed by atoms with van der Waals surface area (Å²) in [6.07, 6.45) is 3.68. The maximum Gasteiger partial charge on any atom is 0.251 e. The molecule has 1 saturated heterocycles. The molecule has 0 bridgehead atoms. The summed E-state index contributed by atoms with van der Waals surface area (Å²) in [5.41, 5.74) is 3.26. The van der Waals surface area contributed by atoms with E-state index in [0.29, 0.717) is 24.2 Å². The Morgan fingerprint density at radius 1 is 1.10 bits per heavy atom. The van der Waals surface area contributed by atoms with Crippen molar-refractivity contribution in [3.05, 3.63) is 64.7 Å². The van der Waals surface area contributed by atoms with Crippen molar-refractivity contribution in [2.45, 2.75) is 51.3 Å². The summed E-state index contributed by atoms with van der Waals surface area (Å²) < 4.78 is 32.1. The maximum atomic E-state index is 12.8. The van der Waals surface area contributed by atoms with Crippen molar-refractivity contribution in [1.82, 2.24) is 9.62 Å². The van der Waals surface area contributed by atoms with Crippen molar-refractivity contribution in [2.75, 3.05) is 20.2 Å². The van der Waals surface area contributed by atoms with E-state index in [1.54, 1.807) is 35.7 Å². The molecule has 1 aliphatic heterocycles. The summed E-state index contributed by atoms with van der Waals surface area (Å²) in [5, 5.41) is 3.08. The lowest BCUT2D eigenvalue weighted by molar-refractivity contribution is 0.0935. The number of carbonyl (C=O) groups excluding carboxylic acids is 1. The summed E-state index contributed by atoms with van der Waals surface area (Å²) in [6, 6.07) is 12.7. The van der Waals surface area contributed by atoms with Crippen LogP contribution in [-0.4, -0.2) is 38.8 Å². The number of hydrogen-bond acceptors (Lipinski definition) is 4. The van der Waals surface area contributed by atoms with E-state index in [1.165, 1.54) is 0 Å². The van der Waals surface area contributed by atoms with Crippen LogP contribution in [0.4, 0.5) is 0 Å². The van der Waals surface area contributed by atoms with Crippen LogP contribution in [0.3, 0.4) is 0 Å². The molecule has 1 heterocycles. The Hall–Kier alpha value is -2.38. The topological polar surface area (TPSA) is 75.7 Å². The van der Waals surface area contributed by atoms with E-state index in [1.807, 2.05) is 32.0 Å². The molecular formula is C24H32N2O4S. The number of sulfonamides is 1. The average Bonchev–Trinajstić information content (AvgIpc) is 2.78. The van der Waals surface area contributed by atoms with Gasteiger partial charge >= 0.3 is 0 Å². The number of piperidine rings is 1. The standard InChI is InChI=1S/C24H32N2O4S/c1-4-22(21-12-13-23(30-3)18(2)16-21)25-24(27)20-10-8-19(9-11-20)17-31(28,29)26-14-6-5-7-15-26/h8-13,16,22H,4-7,14-15,17H2,1-3H3,(H,25,27)/t22-/m0/s1. The van der Waals surface area contributed by atoms with Gasteiger partial charge in [0.1, 0.15) is 5.75 Å². The van der Waals surface area contributed by atoms with Crippen molar-refractivity contribution < 1.29 is 17.9 Å². The van der Waals surface area contributed by atoms with Gasteiger partial charge in [-0.1, -0.05) is 37.6 Å². The first kappa shape index (κ1) is 23.3. The number of methoxy groups -OCH3 is 1. The highest BCUT2D eigenvalue weighted by molar-refractivity contribution is 7.88. The zero-order chi connectivity index (χ0) is 22.4. The van der Waals surface area contributed by atoms with Crippen LogP contribution >= 0.6 is 0 Å². The van der Waals surface area contributed by atoms with Gasteiger partial charge in [0.25, 0.3) is 5.91 Å². The lowest BCUT2D eigenvalue weighted by Crippen LogP contribution is -2.36. The number of aryl methyl sites for hydroxylation is 1. The van der Waals surface area contributed by atoms with E-state index in [9.17, 15) is 13.2 Å². The Labute approximate surface area is 185 Å². The minimum Gasteiger partial charge on any atom is -0.496 e. The Balaban J connectivity index is 1.66. The third-order valence-electron chi connectivity index (χ3n) is 5.81. The molecule has 0 aromatic heterocycles. The summed E-state index contributed by atoms with van der Waals surface area (Å²) in [7, 11) is -1.67. The van der Waals surface area contributed by atoms with Gasteiger partial charge < -0.3 is 10.1 Å². The van der Waals surface area contributed by atoms with Crippen LogP contribution in [0.1, 0.15) is 65.7 Å². The molecule has 3 rings (SSSR count). The molecule has 1 N–H and O–H groups in total. The SMILES string of the molecule is CC[C@H](NC(=O)c1ccc(CS(=O)(=O)N2CCCCC2)cc1)c1ccc(OC)c(C)c1. The van der Waals surface area contributed by atoms with Gasteiger partial charge in [-0.05, 0) is 61.1 Å². The molecule has 1 amide bonds. The second-order valence-corrected chi connectivity index (χ2v) is 10.0. The molecule has 2 aromatic rings. The third-order valence-corrected chi connectivity index (χ3v) is 7.66. The number of nitrogens with zero attached hydrogens (tertiary/aromatic N) is 1. The van der Waals surface area contributed by atoms with Crippen LogP contribution in [0.5, 0.6) is 5.75 Å². The predicted octanol–water partition coefficient (Wildman–Crippen LogP) is 4.20. The van der Waals surface area contributed by atoms with Gasteiger partial charge in [0.2, 0.25) is 10.0 Å². The zero-order valence-electron chi connectivity index (χ0n) is 18.6. The first-order valence-corrected chi connectivity index (χ1v) is 12.5. The summed E-state index contributed by atoms with van der Waals surface area (Å²) in [4.78, 5) is 12.8. The van der Waals surface area contributed by atoms with Crippen molar-refractivity contribution in [3.8, 4) is 5.75 Å². The van der Waals surface area contributed by atoms with Gasteiger partial charge in [-0.3, -0.25) is 4.79 Å². The predicted molar refractivity (Wildman–Crippen MR) is 123 cm³/mol. The number of carbonyl (C=O) groups is 1. The van der Waals surface area contributed by atoms with E-state index in [2.05, 4.69) is 5.32 Å². The molecule has 0 unspecified atom stereocenters. The zero-order valence-corrected chi connectivity index (χ0v) is 19.4. The fraction of sp³-hybridized carbons (Fsp3) is 0.458. The summed E-state index contributed by atoms with van der Waals surface area (Å²) >= 11 is 0. The first-order chi connectivity index (χ1) is 14.8. The van der Waals surface area contributed by atoms with Crippen LogP contribution in [-0.2, 0) is 15.8 Å². The van der Waals surface area contributed by atoms with E-state index >= 15 is 0 Å². The highest BCUT2D eigenvalue weighted by Crippen LogP contribution is 2.25. The number of amides is 1. The third kappa shape index (κ3) is 5.86. The highest BCUT2D eigenvalue weighted by Gasteiger charge is 2.24. The molecule has 0 aliphatic carbocycles. The van der Waals surface area contributed by atoms with Gasteiger partial charge in [0.05, 0.1) is 18.9 Å². The quantitative estimate of drug-likeness (QED) is 0.662. The molecule has 1 atom stereocenters. The average molecular weight is 445 g/mol. The number of nitrogens with one attached hydrogen (secondary N) is 1. The van der Waals surface area contributed by atoms with Crippen LogP contribution in [0.15, 0.2) is 42.5 Å². The second kappa shape index (κ2) is 10.3. The molecule has 0 radical (unpaired) electrons.